The SMILES string of the molecule is CC(=O)N1CCC(NC(=O)c2cccc(C)c2F)CC1. The fraction of sp³-hybridized carbons (Fsp3) is 0.467. The van der Waals surface area contributed by atoms with Crippen molar-refractivity contribution in [2.45, 2.75) is 32.7 Å². The van der Waals surface area contributed by atoms with Gasteiger partial charge in [0.2, 0.25) is 5.91 Å². The predicted octanol–water partition coefficient (Wildman–Crippen LogP) is 1.87. The molecule has 2 amide bonds. The van der Waals surface area contributed by atoms with Gasteiger partial charge in [0, 0.05) is 26.1 Å². The molecular formula is C15H19FN2O2. The first-order valence-electron chi connectivity index (χ1n) is 6.80. The Kier molecular flexibility index (Phi) is 4.37. The van der Waals surface area contributed by atoms with Crippen molar-refractivity contribution >= 4 is 11.8 Å². The highest BCUT2D eigenvalue weighted by atomic mass is 19.1. The largest absolute Gasteiger partial charge is 0.349 e. The number of aryl methyl sites for hydroxylation is 1. The van der Waals surface area contributed by atoms with Gasteiger partial charge in [-0.2, -0.15) is 0 Å². The van der Waals surface area contributed by atoms with Crippen molar-refractivity contribution in [3.05, 3.63) is 35.1 Å². The predicted molar refractivity (Wildman–Crippen MR) is 73.9 cm³/mol. The summed E-state index contributed by atoms with van der Waals surface area (Å²) in [5.74, 6) is -0.793. The number of piperidine rings is 1. The summed E-state index contributed by atoms with van der Waals surface area (Å²) in [6.45, 7) is 4.45. The lowest BCUT2D eigenvalue weighted by molar-refractivity contribution is -0.129. The van der Waals surface area contributed by atoms with E-state index in [4.69, 9.17) is 0 Å². The van der Waals surface area contributed by atoms with E-state index in [1.54, 1.807) is 30.9 Å². The summed E-state index contributed by atoms with van der Waals surface area (Å²) in [6.07, 6.45) is 1.41. The number of halogens is 1. The van der Waals surface area contributed by atoms with Crippen LogP contribution in [0.2, 0.25) is 0 Å². The van der Waals surface area contributed by atoms with E-state index in [9.17, 15) is 14.0 Å². The van der Waals surface area contributed by atoms with Crippen molar-refractivity contribution in [2.75, 3.05) is 13.1 Å². The maximum atomic E-state index is 13.9. The first-order chi connectivity index (χ1) is 9.49. The number of nitrogens with one attached hydrogen (secondary N) is 1. The highest BCUT2D eigenvalue weighted by Crippen LogP contribution is 2.14. The van der Waals surface area contributed by atoms with Crippen molar-refractivity contribution in [1.29, 1.82) is 0 Å². The van der Waals surface area contributed by atoms with Gasteiger partial charge in [-0.3, -0.25) is 9.59 Å². The molecule has 1 aliphatic rings. The Hall–Kier alpha value is -1.91. The number of nitrogens with zero attached hydrogens (tertiary/aromatic N) is 1. The number of likely N-dealkylation sites (tertiary alicyclic amines) is 1. The zero-order valence-electron chi connectivity index (χ0n) is 11.8. The number of benzene rings is 1. The van der Waals surface area contributed by atoms with Crippen LogP contribution in [0, 0.1) is 12.7 Å². The summed E-state index contributed by atoms with van der Waals surface area (Å²) in [4.78, 5) is 25.0. The molecule has 1 aliphatic heterocycles. The van der Waals surface area contributed by atoms with E-state index in [1.165, 1.54) is 6.07 Å². The van der Waals surface area contributed by atoms with Crippen LogP contribution in [0.25, 0.3) is 0 Å². The molecule has 1 aromatic carbocycles. The number of amides is 2. The van der Waals surface area contributed by atoms with Crippen LogP contribution in [0.4, 0.5) is 4.39 Å². The Balaban J connectivity index is 1.96. The molecule has 4 nitrogen and oxygen atoms in total. The van der Waals surface area contributed by atoms with Gasteiger partial charge in [-0.25, -0.2) is 4.39 Å². The molecule has 5 heteroatoms. The van der Waals surface area contributed by atoms with E-state index in [2.05, 4.69) is 5.32 Å². The highest BCUT2D eigenvalue weighted by Gasteiger charge is 2.23. The van der Waals surface area contributed by atoms with Gasteiger partial charge in [0.25, 0.3) is 5.91 Å². The van der Waals surface area contributed by atoms with Crippen molar-refractivity contribution in [2.24, 2.45) is 0 Å². The molecule has 0 radical (unpaired) electrons. The second-order valence-electron chi connectivity index (χ2n) is 5.19. The third kappa shape index (κ3) is 3.15. The van der Waals surface area contributed by atoms with E-state index in [-0.39, 0.29) is 23.4 Å². The van der Waals surface area contributed by atoms with Crippen LogP contribution in [0.5, 0.6) is 0 Å². The minimum Gasteiger partial charge on any atom is -0.349 e. The molecule has 1 N–H and O–H groups in total. The number of hydrogen-bond donors (Lipinski definition) is 1. The molecule has 0 aliphatic carbocycles. The number of carbonyl (C=O) groups is 2. The molecule has 0 aromatic heterocycles. The topological polar surface area (TPSA) is 49.4 Å². The van der Waals surface area contributed by atoms with Gasteiger partial charge in [-0.05, 0) is 31.4 Å². The molecule has 1 saturated heterocycles. The molecule has 0 atom stereocenters. The molecule has 1 aromatic rings. The van der Waals surface area contributed by atoms with Crippen LogP contribution in [0.15, 0.2) is 18.2 Å². The van der Waals surface area contributed by atoms with Crippen molar-refractivity contribution in [3.63, 3.8) is 0 Å². The fourth-order valence-electron chi connectivity index (χ4n) is 2.42. The Morgan fingerprint density at radius 3 is 2.55 bits per heavy atom. The summed E-state index contributed by atoms with van der Waals surface area (Å²) in [7, 11) is 0. The van der Waals surface area contributed by atoms with Crippen LogP contribution < -0.4 is 5.32 Å². The smallest absolute Gasteiger partial charge is 0.254 e. The normalized spacial score (nSPS) is 16.1. The summed E-state index contributed by atoms with van der Waals surface area (Å²) >= 11 is 0. The van der Waals surface area contributed by atoms with Crippen molar-refractivity contribution < 1.29 is 14.0 Å². The monoisotopic (exact) mass is 278 g/mol. The summed E-state index contributed by atoms with van der Waals surface area (Å²) in [5.41, 5.74) is 0.544. The first-order valence-corrected chi connectivity index (χ1v) is 6.80. The lowest BCUT2D eigenvalue weighted by Crippen LogP contribution is -2.46. The van der Waals surface area contributed by atoms with Gasteiger partial charge in [0.1, 0.15) is 5.82 Å². The van der Waals surface area contributed by atoms with E-state index in [1.807, 2.05) is 0 Å². The van der Waals surface area contributed by atoms with E-state index in [0.717, 1.165) is 0 Å². The second-order valence-corrected chi connectivity index (χ2v) is 5.19. The zero-order chi connectivity index (χ0) is 14.7. The first kappa shape index (κ1) is 14.5. The van der Waals surface area contributed by atoms with Crippen molar-refractivity contribution in [1.82, 2.24) is 10.2 Å². The average Bonchev–Trinajstić information content (AvgIpc) is 2.42. The third-order valence-electron chi connectivity index (χ3n) is 3.71. The van der Waals surface area contributed by atoms with E-state index >= 15 is 0 Å². The molecule has 20 heavy (non-hydrogen) atoms. The molecule has 0 bridgehead atoms. The average molecular weight is 278 g/mol. The molecule has 108 valence electrons. The van der Waals surface area contributed by atoms with Gasteiger partial charge >= 0.3 is 0 Å². The summed E-state index contributed by atoms with van der Waals surface area (Å²) in [6, 6.07) is 4.80. The number of carbonyl (C=O) groups excluding carboxylic acids is 2. The zero-order valence-corrected chi connectivity index (χ0v) is 11.8. The molecule has 1 fully saturated rings. The van der Waals surface area contributed by atoms with E-state index < -0.39 is 5.82 Å². The molecular weight excluding hydrogens is 259 g/mol. The van der Waals surface area contributed by atoms with Crippen molar-refractivity contribution in [3.8, 4) is 0 Å². The summed E-state index contributed by atoms with van der Waals surface area (Å²) < 4.78 is 13.9. The lowest BCUT2D eigenvalue weighted by atomic mass is 10.0. The molecule has 1 heterocycles. The standard InChI is InChI=1S/C15H19FN2O2/c1-10-4-3-5-13(14(10)16)15(20)17-12-6-8-18(9-7-12)11(2)19/h3-5,12H,6-9H2,1-2H3,(H,17,20). The Morgan fingerprint density at radius 1 is 1.30 bits per heavy atom. The van der Waals surface area contributed by atoms with Gasteiger partial charge in [0.15, 0.2) is 0 Å². The Labute approximate surface area is 118 Å². The third-order valence-corrected chi connectivity index (χ3v) is 3.71. The molecule has 2 rings (SSSR count). The molecule has 0 saturated carbocycles. The van der Waals surface area contributed by atoms with E-state index in [0.29, 0.717) is 31.5 Å². The molecule has 0 spiro atoms. The lowest BCUT2D eigenvalue weighted by Gasteiger charge is -2.31. The Bertz CT molecular complexity index is 523. The van der Waals surface area contributed by atoms with Crippen LogP contribution in [-0.2, 0) is 4.79 Å². The van der Waals surface area contributed by atoms with Gasteiger partial charge in [-0.15, -0.1) is 0 Å². The van der Waals surface area contributed by atoms with Crippen LogP contribution in [0.3, 0.4) is 0 Å². The van der Waals surface area contributed by atoms with Gasteiger partial charge in [0.05, 0.1) is 5.56 Å². The number of hydrogen-bond acceptors (Lipinski definition) is 2. The minimum absolute atomic E-state index is 0.00184. The molecule has 0 unspecified atom stereocenters. The van der Waals surface area contributed by atoms with Crippen LogP contribution >= 0.6 is 0 Å². The van der Waals surface area contributed by atoms with Crippen LogP contribution in [0.1, 0.15) is 35.7 Å². The summed E-state index contributed by atoms with van der Waals surface area (Å²) in [5, 5.41) is 2.85. The van der Waals surface area contributed by atoms with Gasteiger partial charge < -0.3 is 10.2 Å². The second kappa shape index (κ2) is 6.03. The maximum Gasteiger partial charge on any atom is 0.254 e. The fourth-order valence-corrected chi connectivity index (χ4v) is 2.42. The maximum absolute atomic E-state index is 13.9. The minimum atomic E-state index is -0.467. The number of rotatable bonds is 2. The highest BCUT2D eigenvalue weighted by molar-refractivity contribution is 5.94. The van der Waals surface area contributed by atoms with Gasteiger partial charge in [-0.1, -0.05) is 12.1 Å². The quantitative estimate of drug-likeness (QED) is 0.898. The van der Waals surface area contributed by atoms with Crippen LogP contribution in [-0.4, -0.2) is 35.8 Å². The Morgan fingerprint density at radius 2 is 1.95 bits per heavy atom.